The van der Waals surface area contributed by atoms with Crippen LogP contribution in [-0.4, -0.2) is 113 Å². The molecule has 0 spiro atoms. The molecular weight excluding hydrogens is 500 g/mol. The molecule has 0 radical (unpaired) electrons. The lowest BCUT2D eigenvalue weighted by atomic mass is 9.84. The summed E-state index contributed by atoms with van der Waals surface area (Å²) in [5, 5.41) is 0. The highest BCUT2D eigenvalue weighted by atomic mass is 16.7. The van der Waals surface area contributed by atoms with E-state index in [-0.39, 0.29) is 48.7 Å². The molecule has 1 aromatic rings. The minimum Gasteiger partial charge on any atom is -0.493 e. The lowest BCUT2D eigenvalue weighted by molar-refractivity contribution is -0.200. The van der Waals surface area contributed by atoms with Crippen LogP contribution in [0.1, 0.15) is 36.5 Å². The summed E-state index contributed by atoms with van der Waals surface area (Å²) < 4.78 is 32.0. The minimum atomic E-state index is -0.860. The molecule has 210 valence electrons. The van der Waals surface area contributed by atoms with Gasteiger partial charge in [0, 0.05) is 25.8 Å². The van der Waals surface area contributed by atoms with Crippen LogP contribution >= 0.6 is 0 Å². The van der Waals surface area contributed by atoms with E-state index < -0.39 is 35.9 Å². The van der Waals surface area contributed by atoms with E-state index in [9.17, 15) is 19.2 Å². The molecule has 0 saturated carbocycles. The predicted octanol–water partition coefficient (Wildman–Crippen LogP) is 1.08. The molecular formula is C26H36N2O10. The van der Waals surface area contributed by atoms with Crippen LogP contribution in [0.5, 0.6) is 17.2 Å². The lowest BCUT2D eigenvalue weighted by Crippen LogP contribution is -2.72. The van der Waals surface area contributed by atoms with Crippen molar-refractivity contribution in [2.24, 2.45) is 0 Å². The number of esters is 1. The van der Waals surface area contributed by atoms with Gasteiger partial charge >= 0.3 is 5.97 Å². The second-order valence-electron chi connectivity index (χ2n) is 8.95. The highest BCUT2D eigenvalue weighted by Crippen LogP contribution is 2.39. The molecule has 2 bridgehead atoms. The molecule has 38 heavy (non-hydrogen) atoms. The van der Waals surface area contributed by atoms with Gasteiger partial charge in [-0.15, -0.1) is 0 Å². The zero-order chi connectivity index (χ0) is 28.0. The third-order valence-electron chi connectivity index (χ3n) is 6.98. The van der Waals surface area contributed by atoms with Crippen LogP contribution in [0.4, 0.5) is 0 Å². The number of carbonyl (C=O) groups excluding carboxylic acids is 4. The molecule has 2 aliphatic heterocycles. The summed E-state index contributed by atoms with van der Waals surface area (Å²) in [5.41, 5.74) is 0.0742. The Morgan fingerprint density at radius 2 is 1.58 bits per heavy atom. The number of amides is 1. The molecule has 3 rings (SSSR count). The third-order valence-corrected chi connectivity index (χ3v) is 6.98. The molecule has 12 nitrogen and oxygen atoms in total. The summed E-state index contributed by atoms with van der Waals surface area (Å²) in [6, 6.07) is 1.08. The number of benzene rings is 1. The topological polar surface area (TPSA) is 130 Å². The van der Waals surface area contributed by atoms with Crippen molar-refractivity contribution < 1.29 is 47.6 Å². The van der Waals surface area contributed by atoms with Gasteiger partial charge < -0.3 is 33.3 Å². The Morgan fingerprint density at radius 3 is 2.11 bits per heavy atom. The number of nitrogens with zero attached hydrogens (tertiary/aromatic N) is 2. The van der Waals surface area contributed by atoms with E-state index in [1.165, 1.54) is 52.6 Å². The van der Waals surface area contributed by atoms with Crippen LogP contribution in [0.15, 0.2) is 12.1 Å². The van der Waals surface area contributed by atoms with E-state index in [0.29, 0.717) is 18.6 Å². The fourth-order valence-electron chi connectivity index (χ4n) is 5.33. The van der Waals surface area contributed by atoms with E-state index in [1.807, 2.05) is 0 Å². The van der Waals surface area contributed by atoms with Gasteiger partial charge in [-0.25, -0.2) is 0 Å². The van der Waals surface area contributed by atoms with Crippen LogP contribution < -0.4 is 14.2 Å². The van der Waals surface area contributed by atoms with Gasteiger partial charge in [-0.1, -0.05) is 0 Å². The summed E-state index contributed by atoms with van der Waals surface area (Å²) in [7, 11) is 7.16. The molecule has 12 heteroatoms. The van der Waals surface area contributed by atoms with Gasteiger partial charge in [0.1, 0.15) is 6.54 Å². The number of carbonyl (C=O) groups is 4. The molecule has 2 saturated heterocycles. The number of ketones is 2. The Hall–Kier alpha value is -3.22. The van der Waals surface area contributed by atoms with Crippen molar-refractivity contribution in [2.45, 2.75) is 50.6 Å². The average molecular weight is 537 g/mol. The number of hydrogen-bond donors (Lipinski definition) is 0. The highest BCUT2D eigenvalue weighted by molar-refractivity contribution is 6.44. The molecule has 3 unspecified atom stereocenters. The van der Waals surface area contributed by atoms with Crippen molar-refractivity contribution in [3.8, 4) is 17.2 Å². The number of piperidine rings is 1. The fraction of sp³-hybridized carbons (Fsp3) is 0.615. The third kappa shape index (κ3) is 5.77. The number of fused-ring (bicyclic) bond motifs is 2. The molecule has 3 atom stereocenters. The standard InChI is InChI=1S/C26H36N2O10/c1-7-38-21(30)14-28-22(26(36-5)37-6)16-9-8-10-17(25(28)32)27(16)13-18(29)23(31)15-11-19(33-2)24(35-4)20(12-15)34-3/h11-12,16-17,22,26H,7-10,13-14H2,1-6H3. The second-order valence-corrected chi connectivity index (χ2v) is 8.95. The number of hydrogen-bond acceptors (Lipinski definition) is 11. The Kier molecular flexibility index (Phi) is 10.1. The Labute approximate surface area is 222 Å². The van der Waals surface area contributed by atoms with Gasteiger partial charge in [0.05, 0.1) is 46.6 Å². The van der Waals surface area contributed by atoms with Gasteiger partial charge in [-0.05, 0) is 38.3 Å². The van der Waals surface area contributed by atoms with Gasteiger partial charge in [0.2, 0.25) is 23.2 Å². The summed E-state index contributed by atoms with van der Waals surface area (Å²) in [6.07, 6.45) is 0.970. The average Bonchev–Trinajstić information content (AvgIpc) is 2.92. The zero-order valence-corrected chi connectivity index (χ0v) is 22.7. The van der Waals surface area contributed by atoms with Crippen molar-refractivity contribution in [2.75, 3.05) is 55.2 Å². The van der Waals surface area contributed by atoms with E-state index >= 15 is 0 Å². The maximum absolute atomic E-state index is 13.6. The van der Waals surface area contributed by atoms with Crippen LogP contribution in [0.2, 0.25) is 0 Å². The highest BCUT2D eigenvalue weighted by Gasteiger charge is 2.52. The Morgan fingerprint density at radius 1 is 0.947 bits per heavy atom. The van der Waals surface area contributed by atoms with Crippen LogP contribution in [0.3, 0.4) is 0 Å². The number of ether oxygens (including phenoxy) is 6. The molecule has 2 aliphatic rings. The van der Waals surface area contributed by atoms with Crippen molar-refractivity contribution in [3.63, 3.8) is 0 Å². The number of Topliss-reactive ketones (excluding diaryl/α,β-unsaturated/α-hetero) is 2. The SMILES string of the molecule is CCOC(=O)CN1C(=O)C2CCCC(C1C(OC)OC)N2CC(=O)C(=O)c1cc(OC)c(OC)c(OC)c1. The maximum Gasteiger partial charge on any atom is 0.325 e. The molecule has 2 fully saturated rings. The predicted molar refractivity (Wildman–Crippen MR) is 134 cm³/mol. The zero-order valence-electron chi connectivity index (χ0n) is 22.7. The molecule has 1 aromatic carbocycles. The first kappa shape index (κ1) is 29.3. The number of rotatable bonds is 13. The van der Waals surface area contributed by atoms with Crippen molar-refractivity contribution >= 4 is 23.4 Å². The van der Waals surface area contributed by atoms with Crippen LogP contribution in [0.25, 0.3) is 0 Å². The Bertz CT molecular complexity index is 1020. The fourth-order valence-corrected chi connectivity index (χ4v) is 5.33. The first-order chi connectivity index (χ1) is 18.3. The number of methoxy groups -OCH3 is 5. The second kappa shape index (κ2) is 13.0. The van der Waals surface area contributed by atoms with E-state index in [2.05, 4.69) is 0 Å². The quantitative estimate of drug-likeness (QED) is 0.155. The van der Waals surface area contributed by atoms with E-state index in [1.54, 1.807) is 11.8 Å². The monoisotopic (exact) mass is 536 g/mol. The largest absolute Gasteiger partial charge is 0.493 e. The van der Waals surface area contributed by atoms with Gasteiger partial charge in [0.25, 0.3) is 0 Å². The van der Waals surface area contributed by atoms with E-state index in [4.69, 9.17) is 28.4 Å². The normalized spacial score (nSPS) is 21.3. The smallest absolute Gasteiger partial charge is 0.325 e. The van der Waals surface area contributed by atoms with Crippen LogP contribution in [-0.2, 0) is 28.6 Å². The van der Waals surface area contributed by atoms with Crippen molar-refractivity contribution in [3.05, 3.63) is 17.7 Å². The number of likely N-dealkylation sites (tertiary alicyclic amines) is 1. The van der Waals surface area contributed by atoms with Gasteiger partial charge in [0.15, 0.2) is 17.8 Å². The summed E-state index contributed by atoms with van der Waals surface area (Å²) >= 11 is 0. The van der Waals surface area contributed by atoms with Crippen molar-refractivity contribution in [1.82, 2.24) is 9.80 Å². The first-order valence-corrected chi connectivity index (χ1v) is 12.4. The van der Waals surface area contributed by atoms with Crippen LogP contribution in [0, 0.1) is 0 Å². The Balaban J connectivity index is 1.91. The number of piperazine rings is 1. The lowest BCUT2D eigenvalue weighted by Gasteiger charge is -2.54. The van der Waals surface area contributed by atoms with Crippen molar-refractivity contribution in [1.29, 1.82) is 0 Å². The van der Waals surface area contributed by atoms with Gasteiger partial charge in [-0.3, -0.25) is 24.1 Å². The molecule has 0 aliphatic carbocycles. The molecule has 0 aromatic heterocycles. The molecule has 1 amide bonds. The van der Waals surface area contributed by atoms with E-state index in [0.717, 1.165) is 6.42 Å². The molecule has 0 N–H and O–H groups in total. The summed E-state index contributed by atoms with van der Waals surface area (Å²) in [5.74, 6) is -1.56. The van der Waals surface area contributed by atoms with Gasteiger partial charge in [-0.2, -0.15) is 0 Å². The first-order valence-electron chi connectivity index (χ1n) is 12.4. The maximum atomic E-state index is 13.6. The summed E-state index contributed by atoms with van der Waals surface area (Å²) in [4.78, 5) is 55.6. The molecule has 2 heterocycles. The summed E-state index contributed by atoms with van der Waals surface area (Å²) in [6.45, 7) is 1.31. The minimum absolute atomic E-state index is 0.0742.